The van der Waals surface area contributed by atoms with E-state index in [1.165, 1.54) is 6.92 Å². The van der Waals surface area contributed by atoms with E-state index < -0.39 is 35.4 Å². The summed E-state index contributed by atoms with van der Waals surface area (Å²) < 4.78 is 31.6. The monoisotopic (exact) mass is 272 g/mol. The smallest absolute Gasteiger partial charge is 0.318 e. The first kappa shape index (κ1) is 14.6. The van der Waals surface area contributed by atoms with Crippen molar-refractivity contribution in [1.82, 2.24) is 5.32 Å². The quantitative estimate of drug-likeness (QED) is 0.790. The number of carbonyl (C=O) groups is 3. The van der Waals surface area contributed by atoms with Crippen LogP contribution in [0, 0.1) is 11.6 Å². The summed E-state index contributed by atoms with van der Waals surface area (Å²) >= 11 is 0. The molecule has 0 aliphatic carbocycles. The van der Waals surface area contributed by atoms with Crippen molar-refractivity contribution in [3.63, 3.8) is 0 Å². The summed E-state index contributed by atoms with van der Waals surface area (Å²) in [5.41, 5.74) is 4.50. The number of hydrogen-bond acceptors (Lipinski definition) is 4. The van der Waals surface area contributed by atoms with E-state index in [4.69, 9.17) is 10.5 Å². The number of carbonyl (C=O) groups excluding carboxylic acids is 3. The maximum atomic E-state index is 13.4. The topological polar surface area (TPSA) is 98.5 Å². The minimum Gasteiger partial charge on any atom is -0.475 e. The first-order valence-electron chi connectivity index (χ1n) is 5.06. The van der Waals surface area contributed by atoms with Gasteiger partial charge in [0.25, 0.3) is 5.91 Å². The zero-order valence-electron chi connectivity index (χ0n) is 9.78. The highest BCUT2D eigenvalue weighted by atomic mass is 19.1. The third kappa shape index (κ3) is 3.73. The molecule has 0 saturated heterocycles. The lowest BCUT2D eigenvalue weighted by atomic mass is 10.2. The first-order chi connectivity index (χ1) is 8.85. The third-order valence-corrected chi connectivity index (χ3v) is 2.07. The van der Waals surface area contributed by atoms with Crippen LogP contribution in [0.2, 0.25) is 0 Å². The number of ether oxygens (including phenoxy) is 1. The van der Waals surface area contributed by atoms with Crippen LogP contribution in [0.1, 0.15) is 17.3 Å². The van der Waals surface area contributed by atoms with Gasteiger partial charge in [-0.3, -0.25) is 14.9 Å². The molecule has 0 saturated carbocycles. The zero-order chi connectivity index (χ0) is 14.6. The number of nitrogens with one attached hydrogen (secondary N) is 1. The summed E-state index contributed by atoms with van der Waals surface area (Å²) in [6.45, 7) is 1.17. The molecule has 0 aliphatic heterocycles. The maximum absolute atomic E-state index is 13.4. The molecule has 0 aliphatic rings. The SMILES string of the molecule is CC(Oc1c(F)cc(C=O)cc1F)C(=O)NC(N)=O. The first-order valence-corrected chi connectivity index (χ1v) is 5.06. The summed E-state index contributed by atoms with van der Waals surface area (Å²) in [5.74, 6) is -4.05. The van der Waals surface area contributed by atoms with Gasteiger partial charge in [0.15, 0.2) is 23.5 Å². The number of imide groups is 1. The molecular weight excluding hydrogens is 262 g/mol. The lowest BCUT2D eigenvalue weighted by Gasteiger charge is -2.14. The van der Waals surface area contributed by atoms with Gasteiger partial charge in [-0.05, 0) is 19.1 Å². The number of nitrogens with two attached hydrogens (primary N) is 1. The zero-order valence-corrected chi connectivity index (χ0v) is 9.78. The fourth-order valence-corrected chi connectivity index (χ4v) is 1.21. The highest BCUT2D eigenvalue weighted by Crippen LogP contribution is 2.23. The van der Waals surface area contributed by atoms with Gasteiger partial charge in [0.2, 0.25) is 0 Å². The van der Waals surface area contributed by atoms with Crippen molar-refractivity contribution in [3.05, 3.63) is 29.3 Å². The molecule has 102 valence electrons. The molecular formula is C11H10F2N2O4. The van der Waals surface area contributed by atoms with Crippen LogP contribution in [0.4, 0.5) is 13.6 Å². The third-order valence-electron chi connectivity index (χ3n) is 2.07. The average molecular weight is 272 g/mol. The van der Waals surface area contributed by atoms with Crippen LogP contribution in [0.15, 0.2) is 12.1 Å². The highest BCUT2D eigenvalue weighted by Gasteiger charge is 2.21. The molecule has 0 aromatic heterocycles. The number of rotatable bonds is 4. The average Bonchev–Trinajstić information content (AvgIpc) is 2.32. The van der Waals surface area contributed by atoms with E-state index in [-0.39, 0.29) is 11.8 Å². The molecule has 1 rings (SSSR count). The normalized spacial score (nSPS) is 11.5. The van der Waals surface area contributed by atoms with E-state index in [9.17, 15) is 23.2 Å². The van der Waals surface area contributed by atoms with E-state index in [0.29, 0.717) is 0 Å². The van der Waals surface area contributed by atoms with Crippen LogP contribution in [-0.2, 0) is 4.79 Å². The summed E-state index contributed by atoms with van der Waals surface area (Å²) in [4.78, 5) is 32.1. The van der Waals surface area contributed by atoms with E-state index in [0.717, 1.165) is 12.1 Å². The second-order valence-electron chi connectivity index (χ2n) is 3.55. The predicted molar refractivity (Wildman–Crippen MR) is 59.6 cm³/mol. The van der Waals surface area contributed by atoms with Gasteiger partial charge in [-0.15, -0.1) is 0 Å². The molecule has 8 heteroatoms. The van der Waals surface area contributed by atoms with Crippen molar-refractivity contribution in [2.75, 3.05) is 0 Å². The van der Waals surface area contributed by atoms with Gasteiger partial charge in [-0.2, -0.15) is 0 Å². The minimum absolute atomic E-state index is 0.211. The van der Waals surface area contributed by atoms with Crippen molar-refractivity contribution in [2.24, 2.45) is 5.73 Å². The van der Waals surface area contributed by atoms with Gasteiger partial charge in [0.05, 0.1) is 0 Å². The van der Waals surface area contributed by atoms with E-state index in [1.54, 1.807) is 5.32 Å². The second-order valence-corrected chi connectivity index (χ2v) is 3.55. The molecule has 0 fully saturated rings. The molecule has 6 nitrogen and oxygen atoms in total. The van der Waals surface area contributed by atoms with Gasteiger partial charge in [0, 0.05) is 5.56 Å². The Labute approximate surface area is 106 Å². The summed E-state index contributed by atoms with van der Waals surface area (Å²) in [7, 11) is 0. The number of primary amides is 1. The van der Waals surface area contributed by atoms with Crippen LogP contribution in [-0.4, -0.2) is 24.3 Å². The predicted octanol–water partition coefficient (Wildman–Crippen LogP) is 0.740. The van der Waals surface area contributed by atoms with Crippen molar-refractivity contribution in [1.29, 1.82) is 0 Å². The number of halogens is 2. The van der Waals surface area contributed by atoms with Crippen LogP contribution < -0.4 is 15.8 Å². The summed E-state index contributed by atoms with van der Waals surface area (Å²) in [6.07, 6.45) is -1.09. The number of hydrogen-bond donors (Lipinski definition) is 2. The Bertz CT molecular complexity index is 510. The molecule has 0 bridgehead atoms. The fourth-order valence-electron chi connectivity index (χ4n) is 1.21. The molecule has 0 radical (unpaired) electrons. The van der Waals surface area contributed by atoms with Crippen molar-refractivity contribution >= 4 is 18.2 Å². The Morgan fingerprint density at radius 3 is 2.32 bits per heavy atom. The number of aldehydes is 1. The molecule has 0 spiro atoms. The van der Waals surface area contributed by atoms with Crippen LogP contribution in [0.25, 0.3) is 0 Å². The molecule has 1 aromatic carbocycles. The fraction of sp³-hybridized carbons (Fsp3) is 0.182. The Morgan fingerprint density at radius 1 is 1.37 bits per heavy atom. The lowest BCUT2D eigenvalue weighted by Crippen LogP contribution is -2.42. The number of benzene rings is 1. The van der Waals surface area contributed by atoms with Gasteiger partial charge < -0.3 is 10.5 Å². The molecule has 1 atom stereocenters. The number of urea groups is 1. The molecule has 1 aromatic rings. The maximum Gasteiger partial charge on any atom is 0.318 e. The van der Waals surface area contributed by atoms with Crippen molar-refractivity contribution < 1.29 is 27.9 Å². The number of amides is 3. The van der Waals surface area contributed by atoms with Gasteiger partial charge in [0.1, 0.15) is 6.29 Å². The molecule has 3 N–H and O–H groups in total. The summed E-state index contributed by atoms with van der Waals surface area (Å²) in [6, 6.07) is 0.395. The highest BCUT2D eigenvalue weighted by molar-refractivity contribution is 5.95. The largest absolute Gasteiger partial charge is 0.475 e. The van der Waals surface area contributed by atoms with Crippen LogP contribution in [0.3, 0.4) is 0 Å². The minimum atomic E-state index is -1.35. The Balaban J connectivity index is 2.90. The Hall–Kier alpha value is -2.51. The molecule has 3 amide bonds. The van der Waals surface area contributed by atoms with E-state index in [2.05, 4.69) is 0 Å². The van der Waals surface area contributed by atoms with Gasteiger partial charge in [-0.1, -0.05) is 0 Å². The standard InChI is InChI=1S/C11H10F2N2O4/c1-5(10(17)15-11(14)18)19-9-7(12)2-6(4-16)3-8(9)13/h2-5H,1H3,(H3,14,15,17,18). The van der Waals surface area contributed by atoms with Crippen LogP contribution >= 0.6 is 0 Å². The van der Waals surface area contributed by atoms with Gasteiger partial charge in [-0.25, -0.2) is 13.6 Å². The lowest BCUT2D eigenvalue weighted by molar-refractivity contribution is -0.126. The van der Waals surface area contributed by atoms with Gasteiger partial charge >= 0.3 is 6.03 Å². The molecule has 1 unspecified atom stereocenters. The van der Waals surface area contributed by atoms with E-state index >= 15 is 0 Å². The molecule has 0 heterocycles. The van der Waals surface area contributed by atoms with Crippen LogP contribution in [0.5, 0.6) is 5.75 Å². The van der Waals surface area contributed by atoms with Crippen molar-refractivity contribution in [3.8, 4) is 5.75 Å². The Morgan fingerprint density at radius 2 is 1.89 bits per heavy atom. The second kappa shape index (κ2) is 5.89. The Kier molecular flexibility index (Phi) is 4.51. The molecule has 19 heavy (non-hydrogen) atoms. The summed E-state index contributed by atoms with van der Waals surface area (Å²) in [5, 5.41) is 1.70. The van der Waals surface area contributed by atoms with Crippen molar-refractivity contribution in [2.45, 2.75) is 13.0 Å². The van der Waals surface area contributed by atoms with E-state index in [1.807, 2.05) is 0 Å².